The van der Waals surface area contributed by atoms with E-state index >= 15 is 0 Å². The lowest BCUT2D eigenvalue weighted by molar-refractivity contribution is -0.131. The average Bonchev–Trinajstić information content (AvgIpc) is 3.16. The van der Waals surface area contributed by atoms with Gasteiger partial charge in [-0.15, -0.1) is 0 Å². The summed E-state index contributed by atoms with van der Waals surface area (Å²) in [4.78, 5) is 26.5. The Balaban J connectivity index is 1.43. The van der Waals surface area contributed by atoms with Crippen molar-refractivity contribution in [2.24, 2.45) is 0 Å². The molecule has 1 aliphatic rings. The van der Waals surface area contributed by atoms with Gasteiger partial charge in [0.25, 0.3) is 5.91 Å². The quantitative estimate of drug-likeness (QED) is 0.714. The Morgan fingerprint density at radius 1 is 1.11 bits per heavy atom. The van der Waals surface area contributed by atoms with Gasteiger partial charge < -0.3 is 10.2 Å². The first-order valence-electron chi connectivity index (χ1n) is 9.05. The van der Waals surface area contributed by atoms with Crippen LogP contribution in [0.1, 0.15) is 21.6 Å². The van der Waals surface area contributed by atoms with E-state index in [1.165, 1.54) is 0 Å². The SMILES string of the molecule is O=C(NCC(=O)N1CCc2[nH]nc(-c3ccc(Cl)cc3)c2C1)c1ccccc1. The number of aromatic amines is 1. The van der Waals surface area contributed by atoms with Gasteiger partial charge in [-0.1, -0.05) is 41.9 Å². The third kappa shape index (κ3) is 3.77. The molecule has 4 rings (SSSR count). The first-order valence-corrected chi connectivity index (χ1v) is 9.42. The summed E-state index contributed by atoms with van der Waals surface area (Å²) in [7, 11) is 0. The minimum absolute atomic E-state index is 0.0306. The average molecular weight is 395 g/mol. The first-order chi connectivity index (χ1) is 13.6. The zero-order valence-electron chi connectivity index (χ0n) is 15.1. The maximum atomic E-state index is 12.6. The second-order valence-corrected chi connectivity index (χ2v) is 7.09. The third-order valence-corrected chi connectivity index (χ3v) is 5.09. The maximum absolute atomic E-state index is 12.6. The number of fused-ring (bicyclic) bond motifs is 1. The molecule has 7 heteroatoms. The molecular weight excluding hydrogens is 376 g/mol. The van der Waals surface area contributed by atoms with Gasteiger partial charge >= 0.3 is 0 Å². The number of hydrogen-bond donors (Lipinski definition) is 2. The van der Waals surface area contributed by atoms with Crippen LogP contribution in [0.15, 0.2) is 54.6 Å². The van der Waals surface area contributed by atoms with Gasteiger partial charge in [-0.05, 0) is 24.3 Å². The molecule has 0 saturated heterocycles. The number of carbonyl (C=O) groups is 2. The van der Waals surface area contributed by atoms with E-state index in [9.17, 15) is 9.59 Å². The van der Waals surface area contributed by atoms with Crippen LogP contribution in [0.2, 0.25) is 5.02 Å². The van der Waals surface area contributed by atoms with Crippen molar-refractivity contribution in [3.05, 3.63) is 76.4 Å². The van der Waals surface area contributed by atoms with Gasteiger partial charge in [0, 0.05) is 46.9 Å². The Hall–Kier alpha value is -3.12. The van der Waals surface area contributed by atoms with Crippen molar-refractivity contribution < 1.29 is 9.59 Å². The molecule has 1 aromatic heterocycles. The van der Waals surface area contributed by atoms with Gasteiger partial charge in [-0.3, -0.25) is 14.7 Å². The van der Waals surface area contributed by atoms with E-state index in [0.29, 0.717) is 30.1 Å². The van der Waals surface area contributed by atoms with Crippen molar-refractivity contribution >= 4 is 23.4 Å². The summed E-state index contributed by atoms with van der Waals surface area (Å²) in [5, 5.41) is 10.9. The molecule has 2 heterocycles. The molecule has 2 N–H and O–H groups in total. The topological polar surface area (TPSA) is 78.1 Å². The summed E-state index contributed by atoms with van der Waals surface area (Å²) in [5.41, 5.74) is 4.38. The molecule has 3 aromatic rings. The number of nitrogens with zero attached hydrogens (tertiary/aromatic N) is 2. The monoisotopic (exact) mass is 394 g/mol. The van der Waals surface area contributed by atoms with Crippen molar-refractivity contribution in [2.75, 3.05) is 13.1 Å². The summed E-state index contributed by atoms with van der Waals surface area (Å²) >= 11 is 5.97. The summed E-state index contributed by atoms with van der Waals surface area (Å²) < 4.78 is 0. The standard InChI is InChI=1S/C21H19ClN4O2/c22-16-8-6-14(7-9-16)20-17-13-26(11-10-18(17)24-25-20)19(27)12-23-21(28)15-4-2-1-3-5-15/h1-9H,10-13H2,(H,23,28)(H,24,25). The zero-order chi connectivity index (χ0) is 19.5. The molecule has 6 nitrogen and oxygen atoms in total. The van der Waals surface area contributed by atoms with Crippen molar-refractivity contribution in [3.63, 3.8) is 0 Å². The Morgan fingerprint density at radius 2 is 1.86 bits per heavy atom. The molecule has 0 aliphatic carbocycles. The maximum Gasteiger partial charge on any atom is 0.251 e. The van der Waals surface area contributed by atoms with Crippen molar-refractivity contribution in [1.82, 2.24) is 20.4 Å². The normalized spacial score (nSPS) is 13.1. The van der Waals surface area contributed by atoms with Crippen molar-refractivity contribution in [3.8, 4) is 11.3 Å². The molecule has 2 aromatic carbocycles. The van der Waals surface area contributed by atoms with Crippen molar-refractivity contribution in [1.29, 1.82) is 0 Å². The third-order valence-electron chi connectivity index (χ3n) is 4.84. The lowest BCUT2D eigenvalue weighted by atomic mass is 10.0. The minimum Gasteiger partial charge on any atom is -0.343 e. The molecule has 0 saturated carbocycles. The Bertz CT molecular complexity index is 999. The first kappa shape index (κ1) is 18.3. The fourth-order valence-corrected chi connectivity index (χ4v) is 3.44. The number of hydrogen-bond acceptors (Lipinski definition) is 3. The number of nitrogens with one attached hydrogen (secondary N) is 2. The van der Waals surface area contributed by atoms with Crippen LogP contribution in [0.25, 0.3) is 11.3 Å². The van der Waals surface area contributed by atoms with Gasteiger partial charge in [0.15, 0.2) is 0 Å². The van der Waals surface area contributed by atoms with E-state index in [0.717, 1.165) is 22.5 Å². The number of halogens is 1. The Morgan fingerprint density at radius 3 is 2.61 bits per heavy atom. The highest BCUT2D eigenvalue weighted by Gasteiger charge is 2.25. The molecule has 2 amide bonds. The van der Waals surface area contributed by atoms with Crippen LogP contribution in [-0.2, 0) is 17.8 Å². The molecule has 142 valence electrons. The summed E-state index contributed by atoms with van der Waals surface area (Å²) in [6.07, 6.45) is 0.703. The number of carbonyl (C=O) groups excluding carboxylic acids is 2. The van der Waals surface area contributed by atoms with Crippen LogP contribution in [0, 0.1) is 0 Å². The fourth-order valence-electron chi connectivity index (χ4n) is 3.31. The largest absolute Gasteiger partial charge is 0.343 e. The summed E-state index contributed by atoms with van der Waals surface area (Å²) in [5.74, 6) is -0.366. The highest BCUT2D eigenvalue weighted by Crippen LogP contribution is 2.29. The molecule has 0 atom stereocenters. The van der Waals surface area contributed by atoms with Crippen LogP contribution in [0.3, 0.4) is 0 Å². The number of aromatic nitrogens is 2. The molecule has 28 heavy (non-hydrogen) atoms. The van der Waals surface area contributed by atoms with Crippen LogP contribution >= 0.6 is 11.6 Å². The van der Waals surface area contributed by atoms with Crippen LogP contribution in [-0.4, -0.2) is 40.0 Å². The molecule has 0 unspecified atom stereocenters. The number of amides is 2. The Labute approximate surface area is 167 Å². The van der Waals surface area contributed by atoms with E-state index in [4.69, 9.17) is 11.6 Å². The lowest BCUT2D eigenvalue weighted by Crippen LogP contribution is -2.42. The predicted molar refractivity (Wildman–Crippen MR) is 107 cm³/mol. The molecular formula is C21H19ClN4O2. The van der Waals surface area contributed by atoms with Gasteiger partial charge in [-0.2, -0.15) is 5.10 Å². The van der Waals surface area contributed by atoms with Gasteiger partial charge in [0.1, 0.15) is 0 Å². The summed E-state index contributed by atoms with van der Waals surface area (Å²) in [6, 6.07) is 16.3. The molecule has 0 radical (unpaired) electrons. The van der Waals surface area contributed by atoms with Crippen LogP contribution < -0.4 is 5.32 Å². The van der Waals surface area contributed by atoms with E-state index in [-0.39, 0.29) is 18.4 Å². The zero-order valence-corrected chi connectivity index (χ0v) is 15.9. The van der Waals surface area contributed by atoms with Crippen molar-refractivity contribution in [2.45, 2.75) is 13.0 Å². The van der Waals surface area contributed by atoms with Gasteiger partial charge in [0.05, 0.1) is 12.2 Å². The van der Waals surface area contributed by atoms with E-state index in [1.807, 2.05) is 30.3 Å². The fraction of sp³-hybridized carbons (Fsp3) is 0.190. The van der Waals surface area contributed by atoms with E-state index in [1.54, 1.807) is 29.2 Å². The number of H-pyrrole nitrogens is 1. The van der Waals surface area contributed by atoms with E-state index < -0.39 is 0 Å². The number of rotatable bonds is 4. The smallest absolute Gasteiger partial charge is 0.251 e. The minimum atomic E-state index is -0.253. The molecule has 0 bridgehead atoms. The lowest BCUT2D eigenvalue weighted by Gasteiger charge is -2.27. The highest BCUT2D eigenvalue weighted by atomic mass is 35.5. The second kappa shape index (κ2) is 7.86. The van der Waals surface area contributed by atoms with Gasteiger partial charge in [0.2, 0.25) is 5.91 Å². The van der Waals surface area contributed by atoms with Crippen LogP contribution in [0.5, 0.6) is 0 Å². The molecule has 0 spiro atoms. The number of benzene rings is 2. The Kier molecular flexibility index (Phi) is 5.12. The highest BCUT2D eigenvalue weighted by molar-refractivity contribution is 6.30. The van der Waals surface area contributed by atoms with Crippen LogP contribution in [0.4, 0.5) is 0 Å². The molecule has 1 aliphatic heterocycles. The predicted octanol–water partition coefficient (Wildman–Crippen LogP) is 3.04. The summed E-state index contributed by atoms with van der Waals surface area (Å²) in [6.45, 7) is 1.02. The van der Waals surface area contributed by atoms with E-state index in [2.05, 4.69) is 15.5 Å². The van der Waals surface area contributed by atoms with Gasteiger partial charge in [-0.25, -0.2) is 0 Å². The second-order valence-electron chi connectivity index (χ2n) is 6.65. The molecule has 0 fully saturated rings.